The molecule has 5 aromatic rings. The molecule has 0 aliphatic rings. The van der Waals surface area contributed by atoms with E-state index in [-0.39, 0.29) is 14.9 Å². The minimum Gasteiger partial charge on any atom is -0.453 e. The summed E-state index contributed by atoms with van der Waals surface area (Å²) < 4.78 is 109. The smallest absolute Gasteiger partial charge is 0.407 e. The SMILES string of the molecule is [2H]C([2H])([2H])C([2H])(C([2H])([2H])[2H])C([2H])([2H])N([C@H](CO)CSc1ccncc1NC(=O)[C@@H](NC(=O)OC)C(c1ccccc1)c1ccccc1)S(=O)(=O)c1ccc2ncsc2c1. The van der Waals surface area contributed by atoms with Gasteiger partial charge in [-0.15, -0.1) is 23.1 Å². The van der Waals surface area contributed by atoms with Crippen LogP contribution in [0.3, 0.4) is 0 Å². The van der Waals surface area contributed by atoms with Crippen LogP contribution < -0.4 is 10.6 Å². The Morgan fingerprint density at radius 1 is 1.08 bits per heavy atom. The molecule has 5 rings (SSSR count). The van der Waals surface area contributed by atoms with E-state index < -0.39 is 83.4 Å². The number of amides is 2. The number of alkyl carbamates (subject to hydrolysis) is 1. The first-order valence-corrected chi connectivity index (χ1v) is 18.3. The Bertz CT molecular complexity index is 2300. The van der Waals surface area contributed by atoms with Gasteiger partial charge in [-0.2, -0.15) is 4.31 Å². The van der Waals surface area contributed by atoms with E-state index in [1.165, 1.54) is 30.0 Å². The highest BCUT2D eigenvalue weighted by Crippen LogP contribution is 2.33. The lowest BCUT2D eigenvalue weighted by atomic mass is 9.84. The highest BCUT2D eigenvalue weighted by Gasteiger charge is 2.35. The lowest BCUT2D eigenvalue weighted by Crippen LogP contribution is -2.48. The fraction of sp³-hybridized carbons (Fsp3) is 0.278. The zero-order valence-electron chi connectivity index (χ0n) is 35.5. The molecule has 0 radical (unpaired) electrons. The Morgan fingerprint density at radius 3 is 2.42 bits per heavy atom. The lowest BCUT2D eigenvalue weighted by molar-refractivity contribution is -0.118. The van der Waals surface area contributed by atoms with E-state index >= 15 is 0 Å². The first kappa shape index (κ1) is 26.5. The Balaban J connectivity index is 1.55. The summed E-state index contributed by atoms with van der Waals surface area (Å²) in [6, 6.07) is 19.6. The van der Waals surface area contributed by atoms with E-state index in [1.54, 1.807) is 60.7 Å². The molecule has 14 heteroatoms. The molecule has 2 amide bonds. The van der Waals surface area contributed by atoms with Gasteiger partial charge in [-0.3, -0.25) is 9.78 Å². The zero-order chi connectivity index (χ0) is 43.4. The number of pyridine rings is 1. The number of thioether (sulfide) groups is 1. The Morgan fingerprint density at radius 2 is 1.78 bits per heavy atom. The van der Waals surface area contributed by atoms with Crippen LogP contribution in [0.15, 0.2) is 113 Å². The summed E-state index contributed by atoms with van der Waals surface area (Å²) in [7, 11) is -4.11. The van der Waals surface area contributed by atoms with Crippen LogP contribution in [0, 0.1) is 5.89 Å². The van der Waals surface area contributed by atoms with Crippen molar-refractivity contribution >= 4 is 61.0 Å². The number of methoxy groups -OCH3 is 1. The predicted octanol–water partition coefficient (Wildman–Crippen LogP) is 5.99. The third kappa shape index (κ3) is 8.87. The highest BCUT2D eigenvalue weighted by atomic mass is 32.2. The normalized spacial score (nSPS) is 16.7. The fourth-order valence-corrected chi connectivity index (χ4v) is 8.55. The van der Waals surface area contributed by atoms with Gasteiger partial charge >= 0.3 is 6.09 Å². The number of hydrogen-bond acceptors (Lipinski definition) is 10. The molecule has 0 aliphatic heterocycles. The van der Waals surface area contributed by atoms with Crippen LogP contribution in [0.1, 0.15) is 43.1 Å². The molecule has 2 aromatic heterocycles. The van der Waals surface area contributed by atoms with Crippen LogP contribution >= 0.6 is 23.1 Å². The molecule has 2 atom stereocenters. The average Bonchev–Trinajstić information content (AvgIpc) is 3.67. The number of carbonyl (C=O) groups excluding carboxylic acids is 2. The second kappa shape index (κ2) is 17.1. The molecule has 262 valence electrons. The van der Waals surface area contributed by atoms with Crippen LogP contribution in [-0.2, 0) is 19.6 Å². The molecule has 0 spiro atoms. The third-order valence-corrected chi connectivity index (χ3v) is 11.3. The molecular formula is C36H39N5O6S3. The maximum atomic E-state index is 14.5. The van der Waals surface area contributed by atoms with Gasteiger partial charge in [0.1, 0.15) is 6.04 Å². The molecule has 0 fully saturated rings. The van der Waals surface area contributed by atoms with E-state index in [9.17, 15) is 23.1 Å². The summed E-state index contributed by atoms with van der Waals surface area (Å²) >= 11 is 1.84. The molecule has 0 aliphatic carbocycles. The summed E-state index contributed by atoms with van der Waals surface area (Å²) in [6.07, 6.45) is 1.70. The molecule has 0 unspecified atom stereocenters. The fourth-order valence-electron chi connectivity index (χ4n) is 5.14. The minimum atomic E-state index is -5.25. The van der Waals surface area contributed by atoms with Gasteiger partial charge in [-0.25, -0.2) is 18.2 Å². The second-order valence-electron chi connectivity index (χ2n) is 10.7. The van der Waals surface area contributed by atoms with Gasteiger partial charge in [-0.1, -0.05) is 74.4 Å². The topological polar surface area (TPSA) is 151 Å². The highest BCUT2D eigenvalue weighted by molar-refractivity contribution is 7.99. The maximum absolute atomic E-state index is 14.5. The number of nitrogens with one attached hydrogen (secondary N) is 2. The number of ether oxygens (including phenoxy) is 1. The minimum absolute atomic E-state index is 0.0450. The van der Waals surface area contributed by atoms with Crippen LogP contribution in [-0.4, -0.2) is 77.8 Å². The molecule has 0 saturated heterocycles. The molecule has 0 bridgehead atoms. The van der Waals surface area contributed by atoms with Crippen LogP contribution in [0.5, 0.6) is 0 Å². The van der Waals surface area contributed by atoms with E-state index in [2.05, 4.69) is 20.6 Å². The Kier molecular flexibility index (Phi) is 9.03. The summed E-state index contributed by atoms with van der Waals surface area (Å²) in [5, 5.41) is 16.1. The number of carbonyl (C=O) groups is 2. The van der Waals surface area contributed by atoms with Crippen molar-refractivity contribution < 1.29 is 40.2 Å². The van der Waals surface area contributed by atoms with Gasteiger partial charge in [0.05, 0.1) is 52.3 Å². The van der Waals surface area contributed by atoms with Crippen molar-refractivity contribution in [2.45, 2.75) is 41.5 Å². The first-order chi connectivity index (χ1) is 27.7. The number of aliphatic hydroxyl groups excluding tert-OH is 1. The van der Waals surface area contributed by atoms with Crippen LogP contribution in [0.4, 0.5) is 10.5 Å². The van der Waals surface area contributed by atoms with E-state index in [0.29, 0.717) is 21.3 Å². The van der Waals surface area contributed by atoms with Gasteiger partial charge in [0.2, 0.25) is 15.9 Å². The lowest BCUT2D eigenvalue weighted by Gasteiger charge is -2.31. The number of anilines is 1. The molecule has 11 nitrogen and oxygen atoms in total. The standard InChI is InChI=1S/C36H39N5O6S3/c1-24(2)20-41(50(45,46)28-14-15-29-32(18-28)49-23-38-29)27(21-42)22-48-31-16-17-37-19-30(31)39-35(43)34(40-36(44)47-3)33(25-10-6-4-7-11-25)26-12-8-5-9-13-26/h4-19,23-24,27,33-34,42H,20-22H2,1-3H3,(H,39,43)(H,40,44)/t27-,34+/m1/s1/i1D3,2D3,20D2,24D. The molecule has 3 N–H and O–H groups in total. The van der Waals surface area contributed by atoms with Gasteiger partial charge < -0.3 is 20.5 Å². The number of sulfonamides is 1. The van der Waals surface area contributed by atoms with E-state index in [4.69, 9.17) is 17.1 Å². The summed E-state index contributed by atoms with van der Waals surface area (Å²) in [6.45, 7) is -13.0. The van der Waals surface area contributed by atoms with E-state index in [1.807, 2.05) is 0 Å². The first-order valence-electron chi connectivity index (χ1n) is 19.5. The van der Waals surface area contributed by atoms with Crippen molar-refractivity contribution in [1.29, 1.82) is 0 Å². The van der Waals surface area contributed by atoms with Crippen molar-refractivity contribution in [2.24, 2.45) is 5.89 Å². The van der Waals surface area contributed by atoms with Crippen molar-refractivity contribution in [3.8, 4) is 0 Å². The molecule has 2 heterocycles. The molecule has 3 aromatic carbocycles. The average molecular weight is 743 g/mol. The number of aliphatic hydroxyl groups is 1. The number of fused-ring (bicyclic) bond motifs is 1. The number of thiazole rings is 1. The van der Waals surface area contributed by atoms with Crippen LogP contribution in [0.2, 0.25) is 0 Å². The maximum Gasteiger partial charge on any atom is 0.407 e. The van der Waals surface area contributed by atoms with Crippen molar-refractivity contribution in [3.63, 3.8) is 0 Å². The summed E-state index contributed by atoms with van der Waals surface area (Å²) in [5.74, 6) is -6.10. The number of benzene rings is 3. The Labute approximate surface area is 312 Å². The van der Waals surface area contributed by atoms with Gasteiger partial charge in [-0.05, 0) is 41.3 Å². The monoisotopic (exact) mass is 742 g/mol. The third-order valence-electron chi connectivity index (χ3n) is 7.49. The number of rotatable bonds is 15. The zero-order valence-corrected chi connectivity index (χ0v) is 29.0. The van der Waals surface area contributed by atoms with Crippen molar-refractivity contribution in [3.05, 3.63) is 114 Å². The Hall–Kier alpha value is -4.34. The number of nitrogens with zero attached hydrogens (tertiary/aromatic N) is 3. The molecule has 0 saturated carbocycles. The van der Waals surface area contributed by atoms with Gasteiger partial charge in [0.25, 0.3) is 0 Å². The summed E-state index contributed by atoms with van der Waals surface area (Å²) in [4.78, 5) is 34.8. The van der Waals surface area contributed by atoms with Gasteiger partial charge in [0.15, 0.2) is 0 Å². The van der Waals surface area contributed by atoms with Crippen LogP contribution in [0.25, 0.3) is 10.2 Å². The predicted molar refractivity (Wildman–Crippen MR) is 197 cm³/mol. The van der Waals surface area contributed by atoms with Crippen molar-refractivity contribution in [2.75, 3.05) is 31.3 Å². The summed E-state index contributed by atoms with van der Waals surface area (Å²) in [5.41, 5.74) is 3.22. The molecular weight excluding hydrogens is 695 g/mol. The quantitative estimate of drug-likeness (QED) is 0.110. The number of aromatic nitrogens is 2. The molecule has 50 heavy (non-hydrogen) atoms. The van der Waals surface area contributed by atoms with Crippen molar-refractivity contribution in [1.82, 2.24) is 19.6 Å². The van der Waals surface area contributed by atoms with Gasteiger partial charge in [0, 0.05) is 41.6 Å². The second-order valence-corrected chi connectivity index (χ2v) is 14.5. The van der Waals surface area contributed by atoms with E-state index in [0.717, 1.165) is 42.3 Å². The number of hydrogen-bond donors (Lipinski definition) is 3. The largest absolute Gasteiger partial charge is 0.453 e.